The summed E-state index contributed by atoms with van der Waals surface area (Å²) in [4.78, 5) is 10.00. The van der Waals surface area contributed by atoms with Crippen LogP contribution in [-0.4, -0.2) is 64.3 Å². The second-order valence-corrected chi connectivity index (χ2v) is 7.19. The molecule has 1 fully saturated rings. The first-order valence-corrected chi connectivity index (χ1v) is 10.1. The maximum atomic E-state index is 5.00. The van der Waals surface area contributed by atoms with Crippen molar-refractivity contribution < 1.29 is 0 Å². The Labute approximate surface area is 181 Å². The van der Waals surface area contributed by atoms with Gasteiger partial charge >= 0.3 is 0 Å². The minimum absolute atomic E-state index is 0. The summed E-state index contributed by atoms with van der Waals surface area (Å²) in [6, 6.07) is 0.643. The summed E-state index contributed by atoms with van der Waals surface area (Å²) in [5.41, 5.74) is 3.81. The topological polar surface area (TPSA) is 48.7 Å². The van der Waals surface area contributed by atoms with Crippen LogP contribution >= 0.6 is 24.0 Å². The molecule has 0 spiro atoms. The summed E-state index contributed by atoms with van der Waals surface area (Å²) in [6.45, 7) is 12.5. The van der Waals surface area contributed by atoms with E-state index < -0.39 is 0 Å². The molecule has 6 nitrogen and oxygen atoms in total. The Morgan fingerprint density at radius 3 is 2.59 bits per heavy atom. The van der Waals surface area contributed by atoms with E-state index in [0.717, 1.165) is 58.1 Å². The highest BCUT2D eigenvalue weighted by Crippen LogP contribution is 2.20. The van der Waals surface area contributed by atoms with Crippen LogP contribution in [0.1, 0.15) is 44.1 Å². The van der Waals surface area contributed by atoms with E-state index in [9.17, 15) is 0 Å². The van der Waals surface area contributed by atoms with Crippen molar-refractivity contribution in [3.05, 3.63) is 29.1 Å². The minimum atomic E-state index is 0. The van der Waals surface area contributed by atoms with E-state index in [-0.39, 0.29) is 24.0 Å². The number of nitrogens with zero attached hydrogens (tertiary/aromatic N) is 5. The van der Waals surface area contributed by atoms with Crippen molar-refractivity contribution in [3.63, 3.8) is 0 Å². The van der Waals surface area contributed by atoms with E-state index >= 15 is 0 Å². The van der Waals surface area contributed by atoms with Crippen LogP contribution in [0.15, 0.2) is 17.1 Å². The highest BCUT2D eigenvalue weighted by Gasteiger charge is 2.29. The molecular weight excluding hydrogens is 451 g/mol. The number of nitrogens with one attached hydrogen (secondary N) is 1. The maximum Gasteiger partial charge on any atom is 0.194 e. The molecule has 27 heavy (non-hydrogen) atoms. The van der Waals surface area contributed by atoms with Crippen LogP contribution in [0.3, 0.4) is 0 Å². The van der Waals surface area contributed by atoms with E-state index in [1.54, 1.807) is 0 Å². The second-order valence-electron chi connectivity index (χ2n) is 7.19. The standard InChI is InChI=1S/C20H34N6.HI/c1-5-18-17(19(6-2)24(4)23-18)14-22-20(21-7-3)26-13-10-16(15-26)25-11-8-9-12-25;/h8-9,16H,5-7,10-15H2,1-4H3,(H,21,22);1H. The van der Waals surface area contributed by atoms with E-state index in [2.05, 4.69) is 53.1 Å². The number of guanidine groups is 1. The fourth-order valence-electron chi connectivity index (χ4n) is 4.18. The van der Waals surface area contributed by atoms with Crippen LogP contribution in [0.2, 0.25) is 0 Å². The predicted octanol–water partition coefficient (Wildman–Crippen LogP) is 2.57. The number of rotatable bonds is 6. The average Bonchev–Trinajstić information content (AvgIpc) is 3.37. The zero-order valence-electron chi connectivity index (χ0n) is 17.2. The van der Waals surface area contributed by atoms with Crippen molar-refractivity contribution in [1.82, 2.24) is 24.9 Å². The van der Waals surface area contributed by atoms with Gasteiger partial charge in [0.15, 0.2) is 5.96 Å². The van der Waals surface area contributed by atoms with E-state index in [0.29, 0.717) is 6.04 Å². The molecule has 1 aromatic heterocycles. The number of likely N-dealkylation sites (tertiary alicyclic amines) is 1. The molecule has 152 valence electrons. The normalized spacial score (nSPS) is 20.4. The van der Waals surface area contributed by atoms with Crippen LogP contribution in [0.25, 0.3) is 0 Å². The fraction of sp³-hybridized carbons (Fsp3) is 0.700. The van der Waals surface area contributed by atoms with Crippen LogP contribution in [0.4, 0.5) is 0 Å². The molecule has 0 radical (unpaired) electrons. The molecule has 1 unspecified atom stereocenters. The molecule has 1 aromatic rings. The van der Waals surface area contributed by atoms with E-state index in [4.69, 9.17) is 4.99 Å². The summed E-state index contributed by atoms with van der Waals surface area (Å²) >= 11 is 0. The van der Waals surface area contributed by atoms with Gasteiger partial charge in [-0.15, -0.1) is 24.0 Å². The lowest BCUT2D eigenvalue weighted by Gasteiger charge is -2.25. The molecule has 0 amide bonds. The summed E-state index contributed by atoms with van der Waals surface area (Å²) in [5.74, 6) is 1.05. The number of aliphatic imine (C=N–C) groups is 1. The third-order valence-corrected chi connectivity index (χ3v) is 5.58. The Balaban J connectivity index is 0.00000261. The van der Waals surface area contributed by atoms with Gasteiger partial charge in [-0.2, -0.15) is 5.10 Å². The lowest BCUT2D eigenvalue weighted by molar-refractivity contribution is 0.259. The quantitative estimate of drug-likeness (QED) is 0.291. The predicted molar refractivity (Wildman–Crippen MR) is 123 cm³/mol. The van der Waals surface area contributed by atoms with Crippen LogP contribution in [0, 0.1) is 0 Å². The van der Waals surface area contributed by atoms with Gasteiger partial charge in [0, 0.05) is 57.1 Å². The molecular formula is C20H35IN6. The van der Waals surface area contributed by atoms with Gasteiger partial charge in [0.2, 0.25) is 0 Å². The number of aromatic nitrogens is 2. The molecule has 3 heterocycles. The summed E-state index contributed by atoms with van der Waals surface area (Å²) in [6.07, 6.45) is 7.74. The van der Waals surface area contributed by atoms with Crippen molar-refractivity contribution >= 4 is 29.9 Å². The van der Waals surface area contributed by atoms with Crippen molar-refractivity contribution in [1.29, 1.82) is 0 Å². The molecule has 2 aliphatic heterocycles. The molecule has 1 atom stereocenters. The van der Waals surface area contributed by atoms with Gasteiger partial charge in [0.25, 0.3) is 0 Å². The van der Waals surface area contributed by atoms with Gasteiger partial charge in [-0.3, -0.25) is 9.58 Å². The summed E-state index contributed by atoms with van der Waals surface area (Å²) in [7, 11) is 2.05. The Bertz CT molecular complexity index is 658. The number of aryl methyl sites for hydroxylation is 2. The first-order chi connectivity index (χ1) is 12.7. The van der Waals surface area contributed by atoms with Crippen molar-refractivity contribution in [2.45, 2.75) is 52.6 Å². The molecule has 0 bridgehead atoms. The SMILES string of the molecule is CCNC(=NCc1c(CC)nn(C)c1CC)N1CCC(N2CC=CC2)C1.I. The third kappa shape index (κ3) is 5.04. The lowest BCUT2D eigenvalue weighted by atomic mass is 10.1. The molecule has 0 saturated carbocycles. The second kappa shape index (κ2) is 10.5. The van der Waals surface area contributed by atoms with E-state index in [1.165, 1.54) is 23.4 Å². The summed E-state index contributed by atoms with van der Waals surface area (Å²) in [5, 5.41) is 8.19. The number of hydrogen-bond acceptors (Lipinski definition) is 3. The monoisotopic (exact) mass is 486 g/mol. The first-order valence-electron chi connectivity index (χ1n) is 10.1. The fourth-order valence-corrected chi connectivity index (χ4v) is 4.18. The summed E-state index contributed by atoms with van der Waals surface area (Å²) < 4.78 is 2.03. The van der Waals surface area contributed by atoms with Crippen molar-refractivity contribution in [3.8, 4) is 0 Å². The molecule has 3 rings (SSSR count). The molecule has 1 N–H and O–H groups in total. The van der Waals surface area contributed by atoms with Crippen LogP contribution in [0.5, 0.6) is 0 Å². The van der Waals surface area contributed by atoms with Gasteiger partial charge in [0.05, 0.1) is 12.2 Å². The Hall–Kier alpha value is -1.09. The first kappa shape index (κ1) is 22.2. The van der Waals surface area contributed by atoms with Gasteiger partial charge in [-0.05, 0) is 26.2 Å². The molecule has 0 aliphatic carbocycles. The molecule has 2 aliphatic rings. The molecule has 7 heteroatoms. The van der Waals surface area contributed by atoms with Gasteiger partial charge < -0.3 is 10.2 Å². The highest BCUT2D eigenvalue weighted by atomic mass is 127. The highest BCUT2D eigenvalue weighted by molar-refractivity contribution is 14.0. The maximum absolute atomic E-state index is 5.00. The minimum Gasteiger partial charge on any atom is -0.357 e. The number of hydrogen-bond donors (Lipinski definition) is 1. The Morgan fingerprint density at radius 2 is 1.96 bits per heavy atom. The van der Waals surface area contributed by atoms with Gasteiger partial charge in [-0.1, -0.05) is 26.0 Å². The smallest absolute Gasteiger partial charge is 0.194 e. The van der Waals surface area contributed by atoms with Crippen molar-refractivity contribution in [2.24, 2.45) is 12.0 Å². The Morgan fingerprint density at radius 1 is 1.22 bits per heavy atom. The van der Waals surface area contributed by atoms with E-state index in [1.807, 2.05) is 11.7 Å². The zero-order valence-corrected chi connectivity index (χ0v) is 19.6. The van der Waals surface area contributed by atoms with Crippen LogP contribution < -0.4 is 5.32 Å². The molecule has 0 aromatic carbocycles. The zero-order chi connectivity index (χ0) is 18.5. The largest absolute Gasteiger partial charge is 0.357 e. The van der Waals surface area contributed by atoms with Gasteiger partial charge in [-0.25, -0.2) is 4.99 Å². The lowest BCUT2D eigenvalue weighted by Crippen LogP contribution is -2.42. The van der Waals surface area contributed by atoms with Crippen molar-refractivity contribution in [2.75, 3.05) is 32.7 Å². The Kier molecular flexibility index (Phi) is 8.60. The average molecular weight is 486 g/mol. The number of halogens is 1. The van der Waals surface area contributed by atoms with Crippen LogP contribution in [-0.2, 0) is 26.4 Å². The van der Waals surface area contributed by atoms with Gasteiger partial charge in [0.1, 0.15) is 0 Å². The third-order valence-electron chi connectivity index (χ3n) is 5.58. The molecule has 1 saturated heterocycles.